The number of fused-ring (bicyclic) bond motifs is 1. The van der Waals surface area contributed by atoms with Gasteiger partial charge < -0.3 is 5.73 Å². The second kappa shape index (κ2) is 4.95. The van der Waals surface area contributed by atoms with E-state index >= 15 is 0 Å². The van der Waals surface area contributed by atoms with Gasteiger partial charge >= 0.3 is 0 Å². The number of halogens is 2. The first-order valence-corrected chi connectivity index (χ1v) is 8.37. The highest BCUT2D eigenvalue weighted by molar-refractivity contribution is 14.1. The molecule has 1 heterocycles. The molecule has 2 N–H and O–H groups in total. The van der Waals surface area contributed by atoms with Crippen LogP contribution in [0.5, 0.6) is 0 Å². The van der Waals surface area contributed by atoms with E-state index in [0.29, 0.717) is 13.3 Å². The molecule has 8 heteroatoms. The van der Waals surface area contributed by atoms with Crippen molar-refractivity contribution >= 4 is 49.2 Å². The van der Waals surface area contributed by atoms with Crippen LogP contribution in [0.1, 0.15) is 0 Å². The Morgan fingerprint density at radius 1 is 1.14 bits per heavy atom. The molecule has 0 spiro atoms. The number of aromatic nitrogens is 2. The maximum Gasteiger partial charge on any atom is 0.283 e. The predicted molar refractivity (Wildman–Crippen MR) is 85.8 cm³/mol. The van der Waals surface area contributed by atoms with E-state index in [1.165, 1.54) is 24.3 Å². The standard InChI is InChI=1S/C13H9FIN3O2S/c14-13-11-10(7-6-9(16)12(11)15)18(17-13)21(19,20)8-4-2-1-3-5-8/h1-7H,16H2. The zero-order valence-corrected chi connectivity index (χ0v) is 13.5. The minimum atomic E-state index is -3.95. The quantitative estimate of drug-likeness (QED) is 0.514. The molecular weight excluding hydrogens is 408 g/mol. The summed E-state index contributed by atoms with van der Waals surface area (Å²) >= 11 is 1.87. The Labute approximate surface area is 133 Å². The molecule has 21 heavy (non-hydrogen) atoms. The highest BCUT2D eigenvalue weighted by atomic mass is 127. The van der Waals surface area contributed by atoms with Gasteiger partial charge in [0.15, 0.2) is 0 Å². The molecule has 0 bridgehead atoms. The zero-order chi connectivity index (χ0) is 15.2. The van der Waals surface area contributed by atoms with Gasteiger partial charge in [0.25, 0.3) is 10.0 Å². The molecule has 0 aliphatic heterocycles. The van der Waals surface area contributed by atoms with Crippen molar-refractivity contribution in [3.8, 4) is 0 Å². The fourth-order valence-corrected chi connectivity index (χ4v) is 3.97. The van der Waals surface area contributed by atoms with E-state index in [2.05, 4.69) is 5.10 Å². The molecule has 0 radical (unpaired) electrons. The molecule has 0 aliphatic rings. The maximum atomic E-state index is 14.0. The summed E-state index contributed by atoms with van der Waals surface area (Å²) in [6, 6.07) is 10.7. The van der Waals surface area contributed by atoms with Crippen LogP contribution in [-0.4, -0.2) is 17.6 Å². The van der Waals surface area contributed by atoms with E-state index in [0.717, 1.165) is 0 Å². The Morgan fingerprint density at radius 2 is 1.81 bits per heavy atom. The lowest BCUT2D eigenvalue weighted by Crippen LogP contribution is -2.14. The number of benzene rings is 2. The smallest absolute Gasteiger partial charge is 0.283 e. The summed E-state index contributed by atoms with van der Waals surface area (Å²) < 4.78 is 40.3. The van der Waals surface area contributed by atoms with Crippen LogP contribution in [0.4, 0.5) is 10.1 Å². The van der Waals surface area contributed by atoms with Crippen molar-refractivity contribution in [1.82, 2.24) is 9.19 Å². The van der Waals surface area contributed by atoms with E-state index in [4.69, 9.17) is 5.73 Å². The van der Waals surface area contributed by atoms with Crippen molar-refractivity contribution in [1.29, 1.82) is 0 Å². The first-order chi connectivity index (χ1) is 9.93. The van der Waals surface area contributed by atoms with E-state index in [-0.39, 0.29) is 15.8 Å². The number of nitrogen functional groups attached to an aromatic ring is 1. The molecule has 0 amide bonds. The van der Waals surface area contributed by atoms with Gasteiger partial charge in [-0.3, -0.25) is 0 Å². The number of anilines is 1. The molecule has 3 rings (SSSR count). The van der Waals surface area contributed by atoms with Gasteiger partial charge in [0.05, 0.1) is 19.4 Å². The Bertz CT molecular complexity index is 939. The molecule has 0 fully saturated rings. The van der Waals surface area contributed by atoms with Gasteiger partial charge in [-0.05, 0) is 46.9 Å². The highest BCUT2D eigenvalue weighted by Gasteiger charge is 2.24. The summed E-state index contributed by atoms with van der Waals surface area (Å²) in [4.78, 5) is 0.0428. The van der Waals surface area contributed by atoms with Crippen LogP contribution in [0, 0.1) is 9.52 Å². The van der Waals surface area contributed by atoms with Crippen molar-refractivity contribution in [2.45, 2.75) is 4.90 Å². The van der Waals surface area contributed by atoms with Crippen molar-refractivity contribution < 1.29 is 12.8 Å². The fraction of sp³-hybridized carbons (Fsp3) is 0. The fourth-order valence-electron chi connectivity index (χ4n) is 2.00. The van der Waals surface area contributed by atoms with Crippen LogP contribution in [0.3, 0.4) is 0 Å². The molecule has 3 aromatic rings. The largest absolute Gasteiger partial charge is 0.398 e. The summed E-state index contributed by atoms with van der Waals surface area (Å²) in [6.45, 7) is 0. The third kappa shape index (κ3) is 2.18. The maximum absolute atomic E-state index is 14.0. The van der Waals surface area contributed by atoms with E-state index in [1.807, 2.05) is 22.6 Å². The Kier molecular flexibility index (Phi) is 3.36. The van der Waals surface area contributed by atoms with Crippen LogP contribution in [0.15, 0.2) is 47.4 Å². The lowest BCUT2D eigenvalue weighted by atomic mass is 10.2. The van der Waals surface area contributed by atoms with Crippen molar-refractivity contribution in [3.05, 3.63) is 52.0 Å². The average Bonchev–Trinajstić information content (AvgIpc) is 2.82. The second-order valence-electron chi connectivity index (χ2n) is 4.31. The predicted octanol–water partition coefficient (Wildman–Crippen LogP) is 2.60. The highest BCUT2D eigenvalue weighted by Crippen LogP contribution is 2.30. The Morgan fingerprint density at radius 3 is 2.48 bits per heavy atom. The minimum absolute atomic E-state index is 0.0428. The molecule has 0 unspecified atom stereocenters. The number of hydrogen-bond donors (Lipinski definition) is 1. The normalized spacial score (nSPS) is 11.9. The van der Waals surface area contributed by atoms with Gasteiger partial charge in [0, 0.05) is 5.69 Å². The number of nitrogens with zero attached hydrogens (tertiary/aromatic N) is 2. The van der Waals surface area contributed by atoms with Crippen LogP contribution in [0.2, 0.25) is 0 Å². The molecule has 0 aliphatic carbocycles. The molecule has 1 aromatic heterocycles. The summed E-state index contributed by atoms with van der Waals surface area (Å²) in [7, 11) is -3.95. The van der Waals surface area contributed by atoms with Crippen LogP contribution in [-0.2, 0) is 10.0 Å². The van der Waals surface area contributed by atoms with Gasteiger partial charge in [-0.15, -0.1) is 5.10 Å². The molecule has 0 saturated carbocycles. The summed E-state index contributed by atoms with van der Waals surface area (Å²) in [6.07, 6.45) is 0. The van der Waals surface area contributed by atoms with Gasteiger partial charge in [-0.25, -0.2) is 0 Å². The Balaban J connectivity index is 2.35. The lowest BCUT2D eigenvalue weighted by Gasteiger charge is -2.06. The topological polar surface area (TPSA) is 78.0 Å². The van der Waals surface area contributed by atoms with E-state index in [9.17, 15) is 12.8 Å². The van der Waals surface area contributed by atoms with E-state index < -0.39 is 16.0 Å². The monoisotopic (exact) mass is 417 g/mol. The SMILES string of the molecule is Nc1ccc2c(c(F)nn2S(=O)(=O)c2ccccc2)c1I. The van der Waals surface area contributed by atoms with Crippen molar-refractivity contribution in [3.63, 3.8) is 0 Å². The number of nitrogens with two attached hydrogens (primary N) is 1. The molecule has 108 valence electrons. The van der Waals surface area contributed by atoms with E-state index in [1.54, 1.807) is 18.2 Å². The zero-order valence-electron chi connectivity index (χ0n) is 10.5. The van der Waals surface area contributed by atoms with Gasteiger partial charge in [0.2, 0.25) is 5.95 Å². The third-order valence-electron chi connectivity index (χ3n) is 3.01. The minimum Gasteiger partial charge on any atom is -0.398 e. The first kappa shape index (κ1) is 14.3. The van der Waals surface area contributed by atoms with Crippen molar-refractivity contribution in [2.75, 3.05) is 5.73 Å². The van der Waals surface area contributed by atoms with Crippen molar-refractivity contribution in [2.24, 2.45) is 0 Å². The van der Waals surface area contributed by atoms with Gasteiger partial charge in [-0.2, -0.15) is 16.9 Å². The molecule has 0 atom stereocenters. The lowest BCUT2D eigenvalue weighted by molar-refractivity contribution is 0.555. The first-order valence-electron chi connectivity index (χ1n) is 5.86. The number of rotatable bonds is 2. The van der Waals surface area contributed by atoms with Gasteiger partial charge in [-0.1, -0.05) is 18.2 Å². The van der Waals surface area contributed by atoms with Crippen LogP contribution in [0.25, 0.3) is 10.9 Å². The van der Waals surface area contributed by atoms with Gasteiger partial charge in [0.1, 0.15) is 0 Å². The molecule has 2 aromatic carbocycles. The molecular formula is C13H9FIN3O2S. The summed E-state index contributed by atoms with van der Waals surface area (Å²) in [5.74, 6) is -0.860. The second-order valence-corrected chi connectivity index (χ2v) is 7.16. The molecule has 5 nitrogen and oxygen atoms in total. The van der Waals surface area contributed by atoms with Crippen LogP contribution >= 0.6 is 22.6 Å². The summed E-state index contributed by atoms with van der Waals surface area (Å²) in [5, 5.41) is 3.65. The molecule has 0 saturated heterocycles. The van der Waals surface area contributed by atoms with Crippen LogP contribution < -0.4 is 5.73 Å². The summed E-state index contributed by atoms with van der Waals surface area (Å²) in [5.41, 5.74) is 6.26. The third-order valence-corrected chi connectivity index (χ3v) is 5.77. The average molecular weight is 417 g/mol. The Hall–Kier alpha value is -1.68. The number of hydrogen-bond acceptors (Lipinski definition) is 4.